The highest BCUT2D eigenvalue weighted by atomic mass is 79.9. The van der Waals surface area contributed by atoms with E-state index in [0.29, 0.717) is 0 Å². The van der Waals surface area contributed by atoms with E-state index in [-0.39, 0.29) is 5.41 Å². The van der Waals surface area contributed by atoms with Crippen LogP contribution >= 0.6 is 31.9 Å². The van der Waals surface area contributed by atoms with Crippen molar-refractivity contribution in [1.29, 1.82) is 0 Å². The van der Waals surface area contributed by atoms with E-state index >= 15 is 0 Å². The molecule has 1 aliphatic rings. The molecule has 0 saturated heterocycles. The van der Waals surface area contributed by atoms with Crippen LogP contribution in [0.3, 0.4) is 0 Å². The van der Waals surface area contributed by atoms with Gasteiger partial charge in [-0.15, -0.1) is 0 Å². The van der Waals surface area contributed by atoms with Crippen LogP contribution in [0.1, 0.15) is 26.3 Å². The predicted octanol–water partition coefficient (Wildman–Crippen LogP) is 3.99. The Morgan fingerprint density at radius 2 is 1.93 bits per heavy atom. The number of pyridine rings is 1. The van der Waals surface area contributed by atoms with E-state index in [1.54, 1.807) is 0 Å². The molecule has 0 aliphatic carbocycles. The van der Waals surface area contributed by atoms with Crippen molar-refractivity contribution in [3.8, 4) is 0 Å². The molecule has 74 valence electrons. The van der Waals surface area contributed by atoms with E-state index in [9.17, 15) is 0 Å². The average molecular weight is 318 g/mol. The van der Waals surface area contributed by atoms with Crippen molar-refractivity contribution < 1.29 is 0 Å². The summed E-state index contributed by atoms with van der Waals surface area (Å²) in [7, 11) is 0. The zero-order valence-corrected chi connectivity index (χ0v) is 11.4. The van der Waals surface area contributed by atoms with Crippen LogP contribution in [0.15, 0.2) is 20.1 Å². The SMILES string of the molecule is CC1=Nc2nc(Br)c(Br)cc2C1(C)C. The maximum atomic E-state index is 4.46. The molecule has 1 aromatic heterocycles. The van der Waals surface area contributed by atoms with Crippen molar-refractivity contribution >= 4 is 43.4 Å². The molecule has 4 heteroatoms. The summed E-state index contributed by atoms with van der Waals surface area (Å²) in [6.07, 6.45) is 0. The molecule has 0 fully saturated rings. The van der Waals surface area contributed by atoms with Gasteiger partial charge in [0.15, 0.2) is 5.82 Å². The molecule has 0 spiro atoms. The van der Waals surface area contributed by atoms with Gasteiger partial charge >= 0.3 is 0 Å². The number of hydrogen-bond donors (Lipinski definition) is 0. The second-order valence-corrected chi connectivity index (χ2v) is 5.56. The molecule has 1 aliphatic heterocycles. The Labute approximate surface area is 100 Å². The van der Waals surface area contributed by atoms with Crippen LogP contribution in [-0.2, 0) is 5.41 Å². The van der Waals surface area contributed by atoms with Crippen LogP contribution in [0, 0.1) is 0 Å². The van der Waals surface area contributed by atoms with Gasteiger partial charge < -0.3 is 0 Å². The highest BCUT2D eigenvalue weighted by molar-refractivity contribution is 9.13. The van der Waals surface area contributed by atoms with Crippen molar-refractivity contribution in [1.82, 2.24) is 4.98 Å². The van der Waals surface area contributed by atoms with Crippen LogP contribution in [0.2, 0.25) is 0 Å². The van der Waals surface area contributed by atoms with Crippen LogP contribution < -0.4 is 0 Å². The van der Waals surface area contributed by atoms with E-state index < -0.39 is 0 Å². The molecule has 0 amide bonds. The summed E-state index contributed by atoms with van der Waals surface area (Å²) in [5.41, 5.74) is 2.31. The molecular formula is C10H10Br2N2. The van der Waals surface area contributed by atoms with Gasteiger partial charge in [-0.3, -0.25) is 0 Å². The molecule has 2 heterocycles. The minimum Gasteiger partial charge on any atom is -0.237 e. The van der Waals surface area contributed by atoms with E-state index in [1.807, 2.05) is 6.92 Å². The van der Waals surface area contributed by atoms with Crippen LogP contribution in [0.4, 0.5) is 5.82 Å². The lowest BCUT2D eigenvalue weighted by Gasteiger charge is -2.19. The molecular weight excluding hydrogens is 308 g/mol. The fraction of sp³-hybridized carbons (Fsp3) is 0.400. The first-order valence-electron chi connectivity index (χ1n) is 4.35. The lowest BCUT2D eigenvalue weighted by molar-refractivity contribution is 0.730. The number of halogens is 2. The zero-order chi connectivity index (χ0) is 10.5. The van der Waals surface area contributed by atoms with Crippen LogP contribution in [0.5, 0.6) is 0 Å². The summed E-state index contributed by atoms with van der Waals surface area (Å²) in [5.74, 6) is 0.836. The fourth-order valence-corrected chi connectivity index (χ4v) is 2.10. The van der Waals surface area contributed by atoms with Gasteiger partial charge in [-0.25, -0.2) is 9.98 Å². The Hall–Kier alpha value is -0.220. The summed E-state index contributed by atoms with van der Waals surface area (Å²) in [5, 5.41) is 0. The fourth-order valence-electron chi connectivity index (χ4n) is 1.50. The first kappa shape index (κ1) is 10.3. The highest BCUT2D eigenvalue weighted by Gasteiger charge is 2.33. The molecule has 0 unspecified atom stereocenters. The van der Waals surface area contributed by atoms with E-state index in [1.165, 1.54) is 5.56 Å². The maximum Gasteiger partial charge on any atom is 0.157 e. The summed E-state index contributed by atoms with van der Waals surface area (Å²) < 4.78 is 1.79. The van der Waals surface area contributed by atoms with Gasteiger partial charge in [0.1, 0.15) is 4.60 Å². The number of hydrogen-bond acceptors (Lipinski definition) is 2. The third kappa shape index (κ3) is 1.36. The lowest BCUT2D eigenvalue weighted by atomic mass is 9.83. The van der Waals surface area contributed by atoms with Crippen molar-refractivity contribution in [3.63, 3.8) is 0 Å². The van der Waals surface area contributed by atoms with Gasteiger partial charge in [0.05, 0.1) is 4.47 Å². The van der Waals surface area contributed by atoms with Gasteiger partial charge in [-0.2, -0.15) is 0 Å². The van der Waals surface area contributed by atoms with Crippen LogP contribution in [-0.4, -0.2) is 10.7 Å². The molecule has 14 heavy (non-hydrogen) atoms. The highest BCUT2D eigenvalue weighted by Crippen LogP contribution is 2.41. The number of aromatic nitrogens is 1. The van der Waals surface area contributed by atoms with Crippen molar-refractivity contribution in [2.24, 2.45) is 4.99 Å². The summed E-state index contributed by atoms with van der Waals surface area (Å²) in [6.45, 7) is 6.38. The Bertz CT molecular complexity index is 436. The number of fused-ring (bicyclic) bond motifs is 1. The monoisotopic (exact) mass is 316 g/mol. The molecule has 2 rings (SSSR count). The molecule has 0 radical (unpaired) electrons. The number of nitrogens with zero attached hydrogens (tertiary/aromatic N) is 2. The Kier molecular flexibility index (Phi) is 2.31. The molecule has 0 aromatic carbocycles. The smallest absolute Gasteiger partial charge is 0.157 e. The quantitative estimate of drug-likeness (QED) is 0.664. The molecule has 0 atom stereocenters. The Morgan fingerprint density at radius 3 is 2.57 bits per heavy atom. The standard InChI is InChI=1S/C10H10Br2N2/c1-5-10(2,3)6-4-7(11)8(12)14-9(6)13-5/h4H,1-3H3. The third-order valence-corrected chi connectivity index (χ3v) is 4.51. The van der Waals surface area contributed by atoms with E-state index in [2.05, 4.69) is 61.8 Å². The molecule has 1 aromatic rings. The first-order chi connectivity index (χ1) is 6.43. The minimum atomic E-state index is 0.00551. The normalized spacial score (nSPS) is 17.9. The molecule has 0 bridgehead atoms. The molecule has 2 nitrogen and oxygen atoms in total. The van der Waals surface area contributed by atoms with Gasteiger partial charge in [0, 0.05) is 16.7 Å². The van der Waals surface area contributed by atoms with Gasteiger partial charge in [-0.05, 0) is 44.8 Å². The van der Waals surface area contributed by atoms with Crippen molar-refractivity contribution in [3.05, 3.63) is 20.7 Å². The van der Waals surface area contributed by atoms with Gasteiger partial charge in [0.25, 0.3) is 0 Å². The van der Waals surface area contributed by atoms with E-state index in [4.69, 9.17) is 0 Å². The minimum absolute atomic E-state index is 0.00551. The maximum absolute atomic E-state index is 4.46. The summed E-state index contributed by atoms with van der Waals surface area (Å²) >= 11 is 6.84. The first-order valence-corrected chi connectivity index (χ1v) is 5.94. The largest absolute Gasteiger partial charge is 0.237 e. The van der Waals surface area contributed by atoms with Crippen molar-refractivity contribution in [2.75, 3.05) is 0 Å². The summed E-state index contributed by atoms with van der Waals surface area (Å²) in [4.78, 5) is 8.84. The average Bonchev–Trinajstić information content (AvgIpc) is 2.28. The van der Waals surface area contributed by atoms with Crippen LogP contribution in [0.25, 0.3) is 0 Å². The zero-order valence-electron chi connectivity index (χ0n) is 8.23. The van der Waals surface area contributed by atoms with Gasteiger partial charge in [0.2, 0.25) is 0 Å². The number of aliphatic imine (C=N–C) groups is 1. The van der Waals surface area contributed by atoms with Crippen molar-refractivity contribution in [2.45, 2.75) is 26.2 Å². The number of rotatable bonds is 0. The predicted molar refractivity (Wildman–Crippen MR) is 65.4 cm³/mol. The topological polar surface area (TPSA) is 25.2 Å². The Balaban J connectivity index is 2.69. The molecule has 0 saturated carbocycles. The molecule has 0 N–H and O–H groups in total. The summed E-state index contributed by atoms with van der Waals surface area (Å²) in [6, 6.07) is 2.09. The lowest BCUT2D eigenvalue weighted by Crippen LogP contribution is -2.22. The van der Waals surface area contributed by atoms with E-state index in [0.717, 1.165) is 20.6 Å². The van der Waals surface area contributed by atoms with Gasteiger partial charge in [-0.1, -0.05) is 13.8 Å². The second kappa shape index (κ2) is 3.14. The third-order valence-electron chi connectivity index (χ3n) is 2.76. The second-order valence-electron chi connectivity index (χ2n) is 3.95. The Morgan fingerprint density at radius 1 is 1.29 bits per heavy atom.